The minimum atomic E-state index is -1.14. The molecule has 0 radical (unpaired) electrons. The molecule has 132 valence electrons. The number of aliphatic carboxylic acids is 1. The van der Waals surface area contributed by atoms with Gasteiger partial charge in [0.1, 0.15) is 12.6 Å². The number of benzene rings is 2. The molecule has 0 heterocycles. The SMILES string of the molecule is CC#CC[C@@H](NC(=O)OCC1c2ccccc2-c2ccccc21)C(=O)O. The number of carbonyl (C=O) groups is 2. The lowest BCUT2D eigenvalue weighted by atomic mass is 9.98. The van der Waals surface area contributed by atoms with Crippen LogP contribution in [0.5, 0.6) is 0 Å². The number of alkyl carbamates (subject to hydrolysis) is 1. The van der Waals surface area contributed by atoms with E-state index in [1.165, 1.54) is 0 Å². The molecular weight excluding hydrogens is 330 g/mol. The van der Waals surface area contributed by atoms with Gasteiger partial charge in [-0.3, -0.25) is 0 Å². The van der Waals surface area contributed by atoms with E-state index < -0.39 is 18.1 Å². The number of fused-ring (bicyclic) bond motifs is 3. The van der Waals surface area contributed by atoms with Crippen LogP contribution in [0.4, 0.5) is 4.79 Å². The van der Waals surface area contributed by atoms with Gasteiger partial charge in [-0.2, -0.15) is 0 Å². The summed E-state index contributed by atoms with van der Waals surface area (Å²) in [6.07, 6.45) is -0.715. The van der Waals surface area contributed by atoms with Crippen LogP contribution in [0.15, 0.2) is 48.5 Å². The third-order valence-corrected chi connectivity index (χ3v) is 4.42. The van der Waals surface area contributed by atoms with Crippen molar-refractivity contribution in [3.8, 4) is 23.0 Å². The Labute approximate surface area is 152 Å². The fourth-order valence-electron chi connectivity index (χ4n) is 3.19. The fraction of sp³-hybridized carbons (Fsp3) is 0.238. The van der Waals surface area contributed by atoms with Gasteiger partial charge in [-0.15, -0.1) is 11.8 Å². The van der Waals surface area contributed by atoms with Crippen molar-refractivity contribution in [1.82, 2.24) is 5.32 Å². The van der Waals surface area contributed by atoms with Crippen LogP contribution < -0.4 is 5.32 Å². The number of carbonyl (C=O) groups excluding carboxylic acids is 1. The van der Waals surface area contributed by atoms with Crippen molar-refractivity contribution < 1.29 is 19.4 Å². The van der Waals surface area contributed by atoms with E-state index in [1.807, 2.05) is 36.4 Å². The third-order valence-electron chi connectivity index (χ3n) is 4.42. The van der Waals surface area contributed by atoms with Gasteiger partial charge >= 0.3 is 12.1 Å². The van der Waals surface area contributed by atoms with E-state index in [0.717, 1.165) is 22.3 Å². The molecule has 0 unspecified atom stereocenters. The van der Waals surface area contributed by atoms with Crippen LogP contribution in [0.2, 0.25) is 0 Å². The van der Waals surface area contributed by atoms with Gasteiger partial charge in [-0.25, -0.2) is 9.59 Å². The molecule has 5 heteroatoms. The topological polar surface area (TPSA) is 75.6 Å². The number of carboxylic acids is 1. The lowest BCUT2D eigenvalue weighted by molar-refractivity contribution is -0.139. The minimum Gasteiger partial charge on any atom is -0.480 e. The molecule has 26 heavy (non-hydrogen) atoms. The lowest BCUT2D eigenvalue weighted by Crippen LogP contribution is -2.41. The molecule has 2 aromatic carbocycles. The predicted octanol–water partition coefficient (Wildman–Crippen LogP) is 3.39. The summed E-state index contributed by atoms with van der Waals surface area (Å²) in [5, 5.41) is 11.5. The second kappa shape index (κ2) is 7.75. The molecule has 1 amide bonds. The Bertz CT molecular complexity index is 849. The summed E-state index contributed by atoms with van der Waals surface area (Å²) in [7, 11) is 0. The number of amides is 1. The van der Waals surface area contributed by atoms with E-state index in [9.17, 15) is 9.59 Å². The molecule has 5 nitrogen and oxygen atoms in total. The van der Waals surface area contributed by atoms with Crippen molar-refractivity contribution >= 4 is 12.1 Å². The smallest absolute Gasteiger partial charge is 0.407 e. The Morgan fingerprint density at radius 3 is 2.23 bits per heavy atom. The first kappa shape index (κ1) is 17.6. The van der Waals surface area contributed by atoms with Gasteiger partial charge in [0, 0.05) is 12.3 Å². The highest BCUT2D eigenvalue weighted by molar-refractivity contribution is 5.81. The molecule has 0 aromatic heterocycles. The average molecular weight is 349 g/mol. The lowest BCUT2D eigenvalue weighted by Gasteiger charge is -2.16. The van der Waals surface area contributed by atoms with Crippen molar-refractivity contribution in [3.05, 3.63) is 59.7 Å². The molecule has 0 bridgehead atoms. The molecule has 0 saturated heterocycles. The second-order valence-corrected chi connectivity index (χ2v) is 5.99. The summed E-state index contributed by atoms with van der Waals surface area (Å²) in [6, 6.07) is 15.0. The molecule has 1 atom stereocenters. The summed E-state index contributed by atoms with van der Waals surface area (Å²) < 4.78 is 5.34. The Morgan fingerprint density at radius 2 is 1.69 bits per heavy atom. The predicted molar refractivity (Wildman–Crippen MR) is 97.7 cm³/mol. The van der Waals surface area contributed by atoms with E-state index in [2.05, 4.69) is 29.3 Å². The highest BCUT2D eigenvalue weighted by Crippen LogP contribution is 2.44. The first-order chi connectivity index (χ1) is 12.6. The second-order valence-electron chi connectivity index (χ2n) is 5.99. The standard InChI is InChI=1S/C21H19NO4/c1-2-3-12-19(20(23)24)22-21(25)26-13-18-16-10-6-4-8-14(16)15-9-5-7-11-17(15)18/h4-11,18-19H,12-13H2,1H3,(H,22,25)(H,23,24)/t19-/m1/s1. The zero-order valence-corrected chi connectivity index (χ0v) is 14.4. The molecule has 1 aliphatic rings. The first-order valence-electron chi connectivity index (χ1n) is 8.35. The van der Waals surface area contributed by atoms with Gasteiger partial charge in [0.2, 0.25) is 0 Å². The summed E-state index contributed by atoms with van der Waals surface area (Å²) in [4.78, 5) is 23.2. The molecule has 2 N–H and O–H groups in total. The molecule has 0 spiro atoms. The number of hydrogen-bond acceptors (Lipinski definition) is 3. The number of nitrogens with one attached hydrogen (secondary N) is 1. The van der Waals surface area contributed by atoms with Gasteiger partial charge in [-0.1, -0.05) is 48.5 Å². The molecule has 3 rings (SSSR count). The maximum Gasteiger partial charge on any atom is 0.407 e. The summed E-state index contributed by atoms with van der Waals surface area (Å²) in [5.74, 6) is 4.08. The summed E-state index contributed by atoms with van der Waals surface area (Å²) in [6.45, 7) is 1.76. The van der Waals surface area contributed by atoms with Crippen molar-refractivity contribution in [3.63, 3.8) is 0 Å². The van der Waals surface area contributed by atoms with Crippen LogP contribution in [-0.2, 0) is 9.53 Å². The highest BCUT2D eigenvalue weighted by Gasteiger charge is 2.29. The number of ether oxygens (including phenoxy) is 1. The van der Waals surface area contributed by atoms with E-state index in [1.54, 1.807) is 6.92 Å². The fourth-order valence-corrected chi connectivity index (χ4v) is 3.19. The van der Waals surface area contributed by atoms with E-state index in [0.29, 0.717) is 0 Å². The molecule has 0 aliphatic heterocycles. The normalized spacial score (nSPS) is 13.0. The number of carboxylic acid groups (broad SMARTS) is 1. The molecular formula is C21H19NO4. The third kappa shape index (κ3) is 3.55. The molecule has 0 saturated carbocycles. The maximum absolute atomic E-state index is 12.1. The Balaban J connectivity index is 1.70. The van der Waals surface area contributed by atoms with Gasteiger partial charge in [0.25, 0.3) is 0 Å². The Kier molecular flexibility index (Phi) is 5.23. The summed E-state index contributed by atoms with van der Waals surface area (Å²) in [5.41, 5.74) is 4.48. The largest absolute Gasteiger partial charge is 0.480 e. The Morgan fingerprint density at radius 1 is 1.12 bits per heavy atom. The molecule has 1 aliphatic carbocycles. The highest BCUT2D eigenvalue weighted by atomic mass is 16.5. The average Bonchev–Trinajstić information content (AvgIpc) is 2.97. The van der Waals surface area contributed by atoms with Gasteiger partial charge in [0.15, 0.2) is 0 Å². The van der Waals surface area contributed by atoms with Crippen molar-refractivity contribution in [1.29, 1.82) is 0 Å². The van der Waals surface area contributed by atoms with Crippen LogP contribution in [0.25, 0.3) is 11.1 Å². The van der Waals surface area contributed by atoms with E-state index >= 15 is 0 Å². The van der Waals surface area contributed by atoms with Crippen LogP contribution in [0.3, 0.4) is 0 Å². The van der Waals surface area contributed by atoms with Crippen molar-refractivity contribution in [2.75, 3.05) is 6.61 Å². The minimum absolute atomic E-state index is 0.0377. The van der Waals surface area contributed by atoms with Gasteiger partial charge < -0.3 is 15.2 Å². The van der Waals surface area contributed by atoms with E-state index in [-0.39, 0.29) is 18.9 Å². The first-order valence-corrected chi connectivity index (χ1v) is 8.35. The van der Waals surface area contributed by atoms with Crippen LogP contribution in [-0.4, -0.2) is 29.8 Å². The zero-order chi connectivity index (χ0) is 18.5. The van der Waals surface area contributed by atoms with Crippen molar-refractivity contribution in [2.24, 2.45) is 0 Å². The van der Waals surface area contributed by atoms with Crippen LogP contribution in [0, 0.1) is 11.8 Å². The quantitative estimate of drug-likeness (QED) is 0.812. The van der Waals surface area contributed by atoms with Crippen LogP contribution in [0.1, 0.15) is 30.4 Å². The number of hydrogen-bond donors (Lipinski definition) is 2. The van der Waals surface area contributed by atoms with Gasteiger partial charge in [-0.05, 0) is 29.2 Å². The number of rotatable bonds is 5. The summed E-state index contributed by atoms with van der Waals surface area (Å²) >= 11 is 0. The van der Waals surface area contributed by atoms with Gasteiger partial charge in [0.05, 0.1) is 0 Å². The Hall–Kier alpha value is -3.26. The molecule has 0 fully saturated rings. The monoisotopic (exact) mass is 349 g/mol. The van der Waals surface area contributed by atoms with Crippen LogP contribution >= 0.6 is 0 Å². The molecule has 2 aromatic rings. The maximum atomic E-state index is 12.1. The van der Waals surface area contributed by atoms with E-state index in [4.69, 9.17) is 9.84 Å². The van der Waals surface area contributed by atoms with Crippen molar-refractivity contribution in [2.45, 2.75) is 25.3 Å². The zero-order valence-electron chi connectivity index (χ0n) is 14.4.